The van der Waals surface area contributed by atoms with Crippen molar-refractivity contribution < 1.29 is 23.8 Å². The minimum Gasteiger partial charge on any atom is -0.493 e. The molecule has 1 aliphatic carbocycles. The highest BCUT2D eigenvalue weighted by Crippen LogP contribution is 2.37. The molecule has 1 amide bonds. The molecule has 174 valence electrons. The number of hydrogen-bond donors (Lipinski definition) is 1. The molecule has 3 aromatic rings. The van der Waals surface area contributed by atoms with E-state index < -0.39 is 5.97 Å². The standard InChI is InChI=1S/C25H28N2O5S/c1-30-19-10-9-17(15-20(19)31-2)11-12-26-22(28)16-32-25(29)23-18-7-3-4-8-21(18)33-24(23)27-13-5-6-14-27/h5-6,9-10,13-15H,3-4,7-8,11-12,16H2,1-2H3,(H,26,28). The van der Waals surface area contributed by atoms with Gasteiger partial charge in [-0.3, -0.25) is 4.79 Å². The summed E-state index contributed by atoms with van der Waals surface area (Å²) in [6.07, 6.45) is 8.52. The van der Waals surface area contributed by atoms with Crippen LogP contribution in [0.2, 0.25) is 0 Å². The molecule has 33 heavy (non-hydrogen) atoms. The third-order valence-corrected chi connectivity index (χ3v) is 7.02. The van der Waals surface area contributed by atoms with Crippen molar-refractivity contribution in [2.75, 3.05) is 27.4 Å². The maximum atomic E-state index is 13.0. The molecule has 0 atom stereocenters. The van der Waals surface area contributed by atoms with Gasteiger partial charge in [0.25, 0.3) is 5.91 Å². The summed E-state index contributed by atoms with van der Waals surface area (Å²) < 4.78 is 17.9. The highest BCUT2D eigenvalue weighted by molar-refractivity contribution is 7.15. The third-order valence-electron chi connectivity index (χ3n) is 5.71. The zero-order valence-corrected chi connectivity index (χ0v) is 19.7. The van der Waals surface area contributed by atoms with Crippen LogP contribution in [0.4, 0.5) is 0 Å². The van der Waals surface area contributed by atoms with Crippen molar-refractivity contribution in [3.8, 4) is 16.5 Å². The fourth-order valence-electron chi connectivity index (χ4n) is 4.05. The number of nitrogens with one attached hydrogen (secondary N) is 1. The lowest BCUT2D eigenvalue weighted by atomic mass is 9.95. The first-order chi connectivity index (χ1) is 16.1. The van der Waals surface area contributed by atoms with E-state index in [0.29, 0.717) is 30.0 Å². The van der Waals surface area contributed by atoms with Gasteiger partial charge in [0, 0.05) is 23.8 Å². The van der Waals surface area contributed by atoms with Gasteiger partial charge in [-0.25, -0.2) is 4.79 Å². The highest BCUT2D eigenvalue weighted by atomic mass is 32.1. The van der Waals surface area contributed by atoms with E-state index in [9.17, 15) is 9.59 Å². The van der Waals surface area contributed by atoms with Crippen molar-refractivity contribution in [2.24, 2.45) is 0 Å². The molecule has 7 nitrogen and oxygen atoms in total. The minimum atomic E-state index is -0.437. The predicted molar refractivity (Wildman–Crippen MR) is 127 cm³/mol. The van der Waals surface area contributed by atoms with Gasteiger partial charge in [-0.05, 0) is 67.5 Å². The number of hydrogen-bond acceptors (Lipinski definition) is 6. The Labute approximate surface area is 197 Å². The molecule has 0 radical (unpaired) electrons. The number of thiophene rings is 1. The summed E-state index contributed by atoms with van der Waals surface area (Å²) in [4.78, 5) is 26.5. The fraction of sp³-hybridized carbons (Fsp3) is 0.360. The van der Waals surface area contributed by atoms with Crippen LogP contribution in [0, 0.1) is 0 Å². The molecule has 0 saturated heterocycles. The van der Waals surface area contributed by atoms with Crippen LogP contribution in [-0.2, 0) is 28.8 Å². The first kappa shape index (κ1) is 22.9. The number of nitrogens with zero attached hydrogens (tertiary/aromatic N) is 1. The second-order valence-corrected chi connectivity index (χ2v) is 8.93. The van der Waals surface area contributed by atoms with E-state index in [1.807, 2.05) is 47.3 Å². The van der Waals surface area contributed by atoms with E-state index in [0.717, 1.165) is 41.8 Å². The summed E-state index contributed by atoms with van der Waals surface area (Å²) in [5, 5.41) is 3.68. The number of aromatic nitrogens is 1. The number of carbonyl (C=O) groups excluding carboxylic acids is 2. The highest BCUT2D eigenvalue weighted by Gasteiger charge is 2.27. The number of benzene rings is 1. The average Bonchev–Trinajstić information content (AvgIpc) is 3.50. The minimum absolute atomic E-state index is 0.305. The van der Waals surface area contributed by atoms with Crippen LogP contribution in [0.15, 0.2) is 42.7 Å². The molecule has 0 aliphatic heterocycles. The van der Waals surface area contributed by atoms with Gasteiger partial charge in [0.2, 0.25) is 0 Å². The second kappa shape index (κ2) is 10.6. The summed E-state index contributed by atoms with van der Waals surface area (Å²) in [5.74, 6) is 0.545. The monoisotopic (exact) mass is 468 g/mol. The van der Waals surface area contributed by atoms with Crippen molar-refractivity contribution in [2.45, 2.75) is 32.1 Å². The van der Waals surface area contributed by atoms with Gasteiger partial charge in [-0.1, -0.05) is 6.07 Å². The SMILES string of the molecule is COc1ccc(CCNC(=O)COC(=O)c2c(-n3cccc3)sc3c2CCCC3)cc1OC. The fourth-order valence-corrected chi connectivity index (χ4v) is 5.39. The van der Waals surface area contributed by atoms with Gasteiger partial charge in [0.15, 0.2) is 18.1 Å². The van der Waals surface area contributed by atoms with Crippen molar-refractivity contribution in [3.63, 3.8) is 0 Å². The number of ether oxygens (including phenoxy) is 3. The van der Waals surface area contributed by atoms with Gasteiger partial charge in [-0.2, -0.15) is 0 Å². The number of aryl methyl sites for hydroxylation is 1. The molecule has 0 saturated carbocycles. The van der Waals surface area contributed by atoms with E-state index in [2.05, 4.69) is 5.32 Å². The normalized spacial score (nSPS) is 12.7. The largest absolute Gasteiger partial charge is 0.493 e. The molecule has 0 spiro atoms. The molecule has 1 aliphatic rings. The van der Waals surface area contributed by atoms with Crippen LogP contribution >= 0.6 is 11.3 Å². The summed E-state index contributed by atoms with van der Waals surface area (Å²) in [5.41, 5.74) is 2.68. The van der Waals surface area contributed by atoms with Gasteiger partial charge in [-0.15, -0.1) is 11.3 Å². The molecule has 0 unspecified atom stereocenters. The maximum Gasteiger partial charge on any atom is 0.341 e. The predicted octanol–water partition coefficient (Wildman–Crippen LogP) is 3.95. The number of rotatable bonds is 9. The smallest absolute Gasteiger partial charge is 0.341 e. The zero-order valence-electron chi connectivity index (χ0n) is 18.9. The van der Waals surface area contributed by atoms with E-state index in [-0.39, 0.29) is 12.5 Å². The van der Waals surface area contributed by atoms with Crippen molar-refractivity contribution in [1.82, 2.24) is 9.88 Å². The Morgan fingerprint density at radius 3 is 2.58 bits per heavy atom. The molecule has 1 aromatic carbocycles. The van der Waals surface area contributed by atoms with Gasteiger partial charge < -0.3 is 24.1 Å². The van der Waals surface area contributed by atoms with E-state index >= 15 is 0 Å². The molecule has 0 bridgehead atoms. The molecule has 0 fully saturated rings. The Morgan fingerprint density at radius 1 is 1.06 bits per heavy atom. The van der Waals surface area contributed by atoms with Crippen LogP contribution in [-0.4, -0.2) is 43.8 Å². The van der Waals surface area contributed by atoms with Crippen molar-refractivity contribution >= 4 is 23.2 Å². The lowest BCUT2D eigenvalue weighted by molar-refractivity contribution is -0.124. The van der Waals surface area contributed by atoms with Crippen LogP contribution in [0.5, 0.6) is 11.5 Å². The van der Waals surface area contributed by atoms with Crippen LogP contribution in [0.25, 0.3) is 5.00 Å². The summed E-state index contributed by atoms with van der Waals surface area (Å²) in [6, 6.07) is 9.50. The van der Waals surface area contributed by atoms with Crippen LogP contribution in [0.1, 0.15) is 39.2 Å². The van der Waals surface area contributed by atoms with Gasteiger partial charge in [0.05, 0.1) is 19.8 Å². The number of esters is 1. The lowest BCUT2D eigenvalue weighted by Gasteiger charge is -2.13. The average molecular weight is 469 g/mol. The molecule has 4 rings (SSSR count). The summed E-state index contributed by atoms with van der Waals surface area (Å²) in [7, 11) is 3.18. The van der Waals surface area contributed by atoms with E-state index in [1.165, 1.54) is 4.88 Å². The van der Waals surface area contributed by atoms with E-state index in [4.69, 9.17) is 14.2 Å². The quantitative estimate of drug-likeness (QED) is 0.481. The molecular formula is C25H28N2O5S. The van der Waals surface area contributed by atoms with Crippen molar-refractivity contribution in [1.29, 1.82) is 0 Å². The number of fused-ring (bicyclic) bond motifs is 1. The Hall–Kier alpha value is -3.26. The first-order valence-corrected chi connectivity index (χ1v) is 11.8. The van der Waals surface area contributed by atoms with Crippen molar-refractivity contribution in [3.05, 3.63) is 64.3 Å². The van der Waals surface area contributed by atoms with Gasteiger partial charge >= 0.3 is 5.97 Å². The maximum absolute atomic E-state index is 13.0. The Balaban J connectivity index is 1.34. The summed E-state index contributed by atoms with van der Waals surface area (Å²) >= 11 is 1.64. The Bertz CT molecular complexity index is 1120. The number of methoxy groups -OCH3 is 2. The zero-order chi connectivity index (χ0) is 23.2. The number of carbonyl (C=O) groups is 2. The molecule has 8 heteroatoms. The Kier molecular flexibility index (Phi) is 7.34. The first-order valence-electron chi connectivity index (χ1n) is 11.0. The Morgan fingerprint density at radius 2 is 1.82 bits per heavy atom. The van der Waals surface area contributed by atoms with Crippen LogP contribution < -0.4 is 14.8 Å². The molecular weight excluding hydrogens is 440 g/mol. The molecule has 1 N–H and O–H groups in total. The number of amides is 1. The third kappa shape index (κ3) is 5.22. The molecule has 2 aromatic heterocycles. The lowest BCUT2D eigenvalue weighted by Crippen LogP contribution is -2.30. The second-order valence-electron chi connectivity index (χ2n) is 7.85. The molecule has 2 heterocycles. The topological polar surface area (TPSA) is 78.8 Å². The summed E-state index contributed by atoms with van der Waals surface area (Å²) in [6.45, 7) is 0.120. The van der Waals surface area contributed by atoms with E-state index in [1.54, 1.807) is 25.6 Å². The van der Waals surface area contributed by atoms with Crippen LogP contribution in [0.3, 0.4) is 0 Å². The van der Waals surface area contributed by atoms with Gasteiger partial charge in [0.1, 0.15) is 5.00 Å².